The van der Waals surface area contributed by atoms with Crippen LogP contribution in [0.5, 0.6) is 0 Å². The summed E-state index contributed by atoms with van der Waals surface area (Å²) < 4.78 is 0. The number of carbonyl (C=O) groups is 2. The van der Waals surface area contributed by atoms with E-state index in [0.717, 1.165) is 49.9 Å². The molecular weight excluding hydrogens is 496 g/mol. The highest BCUT2D eigenvalue weighted by atomic mass is 32.1. The molecule has 2 aliphatic heterocycles. The molecule has 1 aliphatic carbocycles. The maximum Gasteiger partial charge on any atom is 0.251 e. The fourth-order valence-electron chi connectivity index (χ4n) is 6.80. The second-order valence-electron chi connectivity index (χ2n) is 10.7. The molecule has 194 valence electrons. The number of aromatic nitrogens is 3. The van der Waals surface area contributed by atoms with E-state index in [-0.39, 0.29) is 35.9 Å². The van der Waals surface area contributed by atoms with Crippen LogP contribution in [0.4, 0.5) is 5.69 Å². The molecule has 9 heteroatoms. The molecule has 2 aromatic heterocycles. The minimum absolute atomic E-state index is 0.0395. The van der Waals surface area contributed by atoms with Crippen molar-refractivity contribution in [3.63, 3.8) is 0 Å². The van der Waals surface area contributed by atoms with Crippen LogP contribution in [0.3, 0.4) is 0 Å². The smallest absolute Gasteiger partial charge is 0.251 e. The van der Waals surface area contributed by atoms with Crippen molar-refractivity contribution in [2.45, 2.75) is 50.2 Å². The van der Waals surface area contributed by atoms with Crippen LogP contribution in [0.2, 0.25) is 0 Å². The summed E-state index contributed by atoms with van der Waals surface area (Å²) in [5, 5.41) is 22.1. The Balaban J connectivity index is 1.15. The Morgan fingerprint density at radius 3 is 2.76 bits per heavy atom. The topological polar surface area (TPSA) is 103 Å². The first kappa shape index (κ1) is 23.4. The molecule has 0 bridgehead atoms. The van der Waals surface area contributed by atoms with Crippen LogP contribution < -0.4 is 10.6 Å². The van der Waals surface area contributed by atoms with E-state index in [1.807, 2.05) is 0 Å². The quantitative estimate of drug-likeness (QED) is 0.345. The Morgan fingerprint density at radius 2 is 1.87 bits per heavy atom. The number of fused-ring (bicyclic) bond motifs is 4. The number of hydrogen-bond acceptors (Lipinski definition) is 6. The minimum atomic E-state index is -0.219. The van der Waals surface area contributed by atoms with Gasteiger partial charge in [-0.2, -0.15) is 26.7 Å². The van der Waals surface area contributed by atoms with E-state index in [1.54, 1.807) is 29.5 Å². The van der Waals surface area contributed by atoms with Crippen LogP contribution >= 0.6 is 11.3 Å². The molecule has 0 unspecified atom stereocenters. The van der Waals surface area contributed by atoms with Gasteiger partial charge in [0.25, 0.3) is 5.91 Å². The van der Waals surface area contributed by atoms with Gasteiger partial charge in [-0.15, -0.1) is 0 Å². The highest BCUT2D eigenvalue weighted by Crippen LogP contribution is 2.52. The number of carbonyl (C=O) groups excluding carboxylic acids is 2. The van der Waals surface area contributed by atoms with Crippen molar-refractivity contribution >= 4 is 39.9 Å². The van der Waals surface area contributed by atoms with Gasteiger partial charge >= 0.3 is 0 Å². The Kier molecular flexibility index (Phi) is 5.88. The first-order chi connectivity index (χ1) is 18.7. The van der Waals surface area contributed by atoms with Crippen molar-refractivity contribution in [1.29, 1.82) is 0 Å². The van der Waals surface area contributed by atoms with Crippen molar-refractivity contribution in [3.05, 3.63) is 76.0 Å². The Hall–Kier alpha value is -3.72. The summed E-state index contributed by atoms with van der Waals surface area (Å²) in [5.74, 6) is 0.108. The monoisotopic (exact) mass is 526 g/mol. The highest BCUT2D eigenvalue weighted by Gasteiger charge is 2.48. The normalized spacial score (nSPS) is 26.4. The molecule has 1 saturated carbocycles. The summed E-state index contributed by atoms with van der Waals surface area (Å²) in [6.45, 7) is 0.741. The van der Waals surface area contributed by atoms with E-state index < -0.39 is 0 Å². The average Bonchev–Trinajstić information content (AvgIpc) is 3.73. The summed E-state index contributed by atoms with van der Waals surface area (Å²) in [7, 11) is 0. The van der Waals surface area contributed by atoms with Gasteiger partial charge in [0.2, 0.25) is 5.91 Å². The lowest BCUT2D eigenvalue weighted by molar-refractivity contribution is -0.138. The molecular formula is C29H30N6O2S. The molecule has 4 heterocycles. The molecule has 5 atom stereocenters. The van der Waals surface area contributed by atoms with Crippen molar-refractivity contribution in [1.82, 2.24) is 25.6 Å². The maximum absolute atomic E-state index is 14.3. The Labute approximate surface area is 224 Å². The van der Waals surface area contributed by atoms with Crippen molar-refractivity contribution in [3.8, 4) is 0 Å². The zero-order chi connectivity index (χ0) is 25.6. The number of nitrogens with zero attached hydrogens (tertiary/aromatic N) is 3. The van der Waals surface area contributed by atoms with Crippen molar-refractivity contribution in [2.75, 3.05) is 11.9 Å². The molecule has 1 saturated heterocycles. The number of amides is 2. The average molecular weight is 527 g/mol. The van der Waals surface area contributed by atoms with E-state index in [1.165, 1.54) is 11.1 Å². The molecule has 7 rings (SSSR count). The molecule has 2 aromatic carbocycles. The van der Waals surface area contributed by atoms with Crippen LogP contribution in [0.25, 0.3) is 11.0 Å². The third kappa shape index (κ3) is 3.96. The second kappa shape index (κ2) is 9.54. The largest absolute Gasteiger partial charge is 0.378 e. The SMILES string of the molecule is O=C(N[C@@H]1CCCC[C@@H]1C(=O)N1CC[C@@H]2[C@H](c3ccsc3)Nc3ccccc3[C@@H]21)c1ccc2n[nH]nc2c1. The number of benzene rings is 2. The van der Waals surface area contributed by atoms with Crippen molar-refractivity contribution in [2.24, 2.45) is 11.8 Å². The summed E-state index contributed by atoms with van der Waals surface area (Å²) in [4.78, 5) is 29.6. The lowest BCUT2D eigenvalue weighted by Crippen LogP contribution is -2.50. The van der Waals surface area contributed by atoms with Gasteiger partial charge < -0.3 is 15.5 Å². The summed E-state index contributed by atoms with van der Waals surface area (Å²) in [6, 6.07) is 16.0. The number of anilines is 1. The van der Waals surface area contributed by atoms with Gasteiger partial charge in [-0.1, -0.05) is 31.0 Å². The third-order valence-corrected chi connectivity index (χ3v) is 9.33. The number of aromatic amines is 1. The van der Waals surface area contributed by atoms with Gasteiger partial charge in [0.1, 0.15) is 11.0 Å². The van der Waals surface area contributed by atoms with Gasteiger partial charge in [0.15, 0.2) is 0 Å². The number of rotatable bonds is 4. The fourth-order valence-corrected chi connectivity index (χ4v) is 7.50. The molecule has 3 aliphatic rings. The van der Waals surface area contributed by atoms with E-state index >= 15 is 0 Å². The second-order valence-corrected chi connectivity index (χ2v) is 11.5. The summed E-state index contributed by atoms with van der Waals surface area (Å²) >= 11 is 1.71. The Morgan fingerprint density at radius 1 is 1.00 bits per heavy atom. The van der Waals surface area contributed by atoms with E-state index in [0.29, 0.717) is 17.0 Å². The Bertz CT molecular complexity index is 1480. The van der Waals surface area contributed by atoms with Crippen molar-refractivity contribution < 1.29 is 9.59 Å². The molecule has 38 heavy (non-hydrogen) atoms. The zero-order valence-corrected chi connectivity index (χ0v) is 21.8. The predicted molar refractivity (Wildman–Crippen MR) is 147 cm³/mol. The zero-order valence-electron chi connectivity index (χ0n) is 21.0. The van der Waals surface area contributed by atoms with E-state index in [4.69, 9.17) is 0 Å². The molecule has 4 aromatic rings. The van der Waals surface area contributed by atoms with Crippen LogP contribution in [0.1, 0.15) is 65.7 Å². The number of para-hydroxylation sites is 1. The van der Waals surface area contributed by atoms with Gasteiger partial charge in [-0.25, -0.2) is 0 Å². The summed E-state index contributed by atoms with van der Waals surface area (Å²) in [6.07, 6.45) is 4.58. The van der Waals surface area contributed by atoms with Gasteiger partial charge in [0.05, 0.1) is 18.0 Å². The van der Waals surface area contributed by atoms with Gasteiger partial charge in [-0.3, -0.25) is 9.59 Å². The first-order valence-electron chi connectivity index (χ1n) is 13.5. The number of likely N-dealkylation sites (tertiary alicyclic amines) is 1. The number of hydrogen-bond donors (Lipinski definition) is 3. The minimum Gasteiger partial charge on any atom is -0.378 e. The number of H-pyrrole nitrogens is 1. The van der Waals surface area contributed by atoms with E-state index in [2.05, 4.69) is 72.0 Å². The molecule has 2 fully saturated rings. The van der Waals surface area contributed by atoms with Crippen LogP contribution in [0, 0.1) is 11.8 Å². The van der Waals surface area contributed by atoms with Gasteiger partial charge in [-0.05, 0) is 71.5 Å². The van der Waals surface area contributed by atoms with E-state index in [9.17, 15) is 9.59 Å². The molecule has 3 N–H and O–H groups in total. The highest BCUT2D eigenvalue weighted by molar-refractivity contribution is 7.08. The predicted octanol–water partition coefficient (Wildman–Crippen LogP) is 5.06. The van der Waals surface area contributed by atoms with Crippen LogP contribution in [0.15, 0.2) is 59.3 Å². The number of nitrogens with one attached hydrogen (secondary N) is 3. The summed E-state index contributed by atoms with van der Waals surface area (Å²) in [5.41, 5.74) is 5.52. The lowest BCUT2D eigenvalue weighted by atomic mass is 9.79. The van der Waals surface area contributed by atoms with Gasteiger partial charge in [0, 0.05) is 29.8 Å². The molecule has 8 nitrogen and oxygen atoms in total. The maximum atomic E-state index is 14.3. The fraction of sp³-hybridized carbons (Fsp3) is 0.379. The molecule has 0 spiro atoms. The molecule has 0 radical (unpaired) electrons. The standard InChI is InChI=1S/C29H30N6O2S/c36-28(17-9-10-24-25(15-17)33-34-32-24)31-23-8-4-2-6-20(23)29(37)35-13-11-21-26(18-12-14-38-16-18)30-22-7-3-1-5-19(22)27(21)35/h1,3,5,7,9-10,12,14-16,20-21,23,26-27,30H,2,4,6,8,11,13H2,(H,31,36)(H,32,33,34)/t20-,21+,23+,26-,27-/m0/s1. The first-order valence-corrected chi connectivity index (χ1v) is 14.4. The molecule has 2 amide bonds. The lowest BCUT2D eigenvalue weighted by Gasteiger charge is -2.41. The van der Waals surface area contributed by atoms with Crippen LogP contribution in [-0.2, 0) is 4.79 Å². The third-order valence-electron chi connectivity index (χ3n) is 8.63. The van der Waals surface area contributed by atoms with Crippen LogP contribution in [-0.4, -0.2) is 44.7 Å². The number of thiophene rings is 1.